The summed E-state index contributed by atoms with van der Waals surface area (Å²) in [5.41, 5.74) is 0.924. The van der Waals surface area contributed by atoms with Crippen LogP contribution < -0.4 is 0 Å². The third kappa shape index (κ3) is 4.44. The Morgan fingerprint density at radius 1 is 1.27 bits per heavy atom. The van der Waals surface area contributed by atoms with Gasteiger partial charge in [-0.25, -0.2) is 4.79 Å². The van der Waals surface area contributed by atoms with Crippen LogP contribution in [0.15, 0.2) is 11.6 Å². The highest BCUT2D eigenvalue weighted by molar-refractivity contribution is 5.80. The molecule has 0 aromatic heterocycles. The van der Waals surface area contributed by atoms with Crippen molar-refractivity contribution in [2.24, 2.45) is 0 Å². The van der Waals surface area contributed by atoms with Crippen molar-refractivity contribution in [3.8, 4) is 0 Å². The first kappa shape index (κ1) is 12.2. The first-order valence-corrected chi connectivity index (χ1v) is 5.46. The highest BCUT2D eigenvalue weighted by Gasteiger charge is 2.15. The average Bonchev–Trinajstić information content (AvgIpc) is 2.17. The van der Waals surface area contributed by atoms with Crippen LogP contribution >= 0.6 is 0 Å². The van der Waals surface area contributed by atoms with Gasteiger partial charge in [0.15, 0.2) is 0 Å². The lowest BCUT2D eigenvalue weighted by molar-refractivity contribution is -0.131. The van der Waals surface area contributed by atoms with E-state index in [0.717, 1.165) is 44.8 Å². The molecular formula is C11H20N2O2. The number of carboxylic acid groups (broad SMARTS) is 1. The van der Waals surface area contributed by atoms with Gasteiger partial charge in [0.05, 0.1) is 0 Å². The average molecular weight is 212 g/mol. The molecule has 1 aliphatic rings. The minimum Gasteiger partial charge on any atom is -0.478 e. The molecule has 1 fully saturated rings. The van der Waals surface area contributed by atoms with Crippen molar-refractivity contribution < 1.29 is 9.90 Å². The number of hydrogen-bond acceptors (Lipinski definition) is 3. The van der Waals surface area contributed by atoms with Crippen molar-refractivity contribution in [3.05, 3.63) is 11.6 Å². The Hall–Kier alpha value is -0.870. The summed E-state index contributed by atoms with van der Waals surface area (Å²) in [7, 11) is 0. The molecular weight excluding hydrogens is 192 g/mol. The fourth-order valence-electron chi connectivity index (χ4n) is 1.87. The van der Waals surface area contributed by atoms with Crippen molar-refractivity contribution >= 4 is 5.97 Å². The fourth-order valence-corrected chi connectivity index (χ4v) is 1.87. The van der Waals surface area contributed by atoms with Crippen LogP contribution in [0.5, 0.6) is 0 Å². The van der Waals surface area contributed by atoms with E-state index >= 15 is 0 Å². The minimum atomic E-state index is -0.848. The summed E-state index contributed by atoms with van der Waals surface area (Å²) in [4.78, 5) is 15.2. The quantitative estimate of drug-likeness (QED) is 0.695. The largest absolute Gasteiger partial charge is 0.478 e. The predicted octanol–water partition coefficient (Wildman–Crippen LogP) is 0.655. The molecule has 15 heavy (non-hydrogen) atoms. The highest BCUT2D eigenvalue weighted by Crippen LogP contribution is 2.04. The summed E-state index contributed by atoms with van der Waals surface area (Å²) in [6.45, 7) is 10.2. The predicted molar refractivity (Wildman–Crippen MR) is 59.9 cm³/mol. The van der Waals surface area contributed by atoms with Gasteiger partial charge >= 0.3 is 5.97 Å². The van der Waals surface area contributed by atoms with Gasteiger partial charge in [-0.3, -0.25) is 4.90 Å². The Labute approximate surface area is 91.2 Å². The molecule has 0 radical (unpaired) electrons. The smallest absolute Gasteiger partial charge is 0.328 e. The number of likely N-dealkylation sites (N-methyl/N-ethyl adjacent to an activating group) is 1. The third-order valence-corrected chi connectivity index (χ3v) is 2.76. The molecule has 86 valence electrons. The second-order valence-electron chi connectivity index (χ2n) is 4.04. The Balaban J connectivity index is 2.32. The van der Waals surface area contributed by atoms with Crippen LogP contribution in [0.3, 0.4) is 0 Å². The van der Waals surface area contributed by atoms with E-state index in [9.17, 15) is 4.79 Å². The molecule has 0 spiro atoms. The van der Waals surface area contributed by atoms with Crippen LogP contribution in [0.2, 0.25) is 0 Å². The maximum absolute atomic E-state index is 10.4. The van der Waals surface area contributed by atoms with E-state index in [4.69, 9.17) is 5.11 Å². The van der Waals surface area contributed by atoms with E-state index in [-0.39, 0.29) is 0 Å². The van der Waals surface area contributed by atoms with E-state index in [1.165, 1.54) is 6.08 Å². The van der Waals surface area contributed by atoms with Gasteiger partial charge in [-0.05, 0) is 13.5 Å². The Kier molecular flexibility index (Phi) is 4.78. The molecule has 1 saturated heterocycles. The van der Waals surface area contributed by atoms with Gasteiger partial charge < -0.3 is 10.0 Å². The molecule has 0 aliphatic carbocycles. The number of hydrogen-bond donors (Lipinski definition) is 1. The van der Waals surface area contributed by atoms with Gasteiger partial charge in [-0.2, -0.15) is 0 Å². The number of rotatable bonds is 4. The van der Waals surface area contributed by atoms with E-state index in [1.807, 2.05) is 6.92 Å². The van der Waals surface area contributed by atoms with Crippen molar-refractivity contribution in [1.82, 2.24) is 9.80 Å². The molecule has 4 heteroatoms. The second kappa shape index (κ2) is 5.88. The molecule has 0 saturated carbocycles. The van der Waals surface area contributed by atoms with Crippen LogP contribution in [-0.2, 0) is 4.79 Å². The van der Waals surface area contributed by atoms with Crippen molar-refractivity contribution in [2.75, 3.05) is 39.3 Å². The zero-order valence-electron chi connectivity index (χ0n) is 9.57. The fraction of sp³-hybridized carbons (Fsp3) is 0.727. The maximum Gasteiger partial charge on any atom is 0.328 e. The van der Waals surface area contributed by atoms with Gasteiger partial charge in [0.25, 0.3) is 0 Å². The molecule has 1 heterocycles. The first-order chi connectivity index (χ1) is 7.11. The Morgan fingerprint density at radius 3 is 2.27 bits per heavy atom. The number of carbonyl (C=O) groups is 1. The van der Waals surface area contributed by atoms with Crippen LogP contribution in [0.1, 0.15) is 13.8 Å². The summed E-state index contributed by atoms with van der Waals surface area (Å²) in [5.74, 6) is -0.848. The summed E-state index contributed by atoms with van der Waals surface area (Å²) < 4.78 is 0. The van der Waals surface area contributed by atoms with Crippen molar-refractivity contribution in [1.29, 1.82) is 0 Å². The van der Waals surface area contributed by atoms with Crippen LogP contribution in [0.25, 0.3) is 0 Å². The molecule has 1 rings (SSSR count). The lowest BCUT2D eigenvalue weighted by atomic mass is 10.2. The molecule has 0 aromatic rings. The summed E-state index contributed by atoms with van der Waals surface area (Å²) >= 11 is 0. The molecule has 0 unspecified atom stereocenters. The van der Waals surface area contributed by atoms with Gasteiger partial charge in [0.2, 0.25) is 0 Å². The van der Waals surface area contributed by atoms with E-state index in [2.05, 4.69) is 16.7 Å². The normalized spacial score (nSPS) is 20.5. The van der Waals surface area contributed by atoms with Crippen molar-refractivity contribution in [2.45, 2.75) is 13.8 Å². The van der Waals surface area contributed by atoms with E-state index in [1.54, 1.807) is 0 Å². The van der Waals surface area contributed by atoms with Gasteiger partial charge in [0, 0.05) is 38.8 Å². The molecule has 0 atom stereocenters. The summed E-state index contributed by atoms with van der Waals surface area (Å²) in [6.07, 6.45) is 1.30. The molecule has 0 amide bonds. The number of piperazine rings is 1. The SMILES string of the molecule is CCN1CCN(CC(C)=CC(=O)O)CC1. The topological polar surface area (TPSA) is 43.8 Å². The van der Waals surface area contributed by atoms with Crippen LogP contribution in [0, 0.1) is 0 Å². The number of nitrogens with zero attached hydrogens (tertiary/aromatic N) is 2. The Morgan fingerprint density at radius 2 is 1.80 bits per heavy atom. The van der Waals surface area contributed by atoms with Gasteiger partial charge in [-0.1, -0.05) is 12.5 Å². The van der Waals surface area contributed by atoms with Gasteiger partial charge in [0.1, 0.15) is 0 Å². The zero-order valence-corrected chi connectivity index (χ0v) is 9.57. The Bertz CT molecular complexity index is 243. The van der Waals surface area contributed by atoms with Gasteiger partial charge in [-0.15, -0.1) is 0 Å². The minimum absolute atomic E-state index is 0.782. The molecule has 1 N–H and O–H groups in total. The van der Waals surface area contributed by atoms with E-state index in [0.29, 0.717) is 0 Å². The third-order valence-electron chi connectivity index (χ3n) is 2.76. The van der Waals surface area contributed by atoms with E-state index < -0.39 is 5.97 Å². The second-order valence-corrected chi connectivity index (χ2v) is 4.04. The molecule has 1 aliphatic heterocycles. The maximum atomic E-state index is 10.4. The number of carboxylic acids is 1. The standard InChI is InChI=1S/C11H20N2O2/c1-3-12-4-6-13(7-5-12)9-10(2)8-11(14)15/h8H,3-7,9H2,1-2H3,(H,14,15). The molecule has 4 nitrogen and oxygen atoms in total. The first-order valence-electron chi connectivity index (χ1n) is 5.46. The lowest BCUT2D eigenvalue weighted by Crippen LogP contribution is -2.46. The number of aliphatic carboxylic acids is 1. The summed E-state index contributed by atoms with van der Waals surface area (Å²) in [5, 5.41) is 8.59. The highest BCUT2D eigenvalue weighted by atomic mass is 16.4. The monoisotopic (exact) mass is 212 g/mol. The van der Waals surface area contributed by atoms with Crippen LogP contribution in [0.4, 0.5) is 0 Å². The summed E-state index contributed by atoms with van der Waals surface area (Å²) in [6, 6.07) is 0. The van der Waals surface area contributed by atoms with Crippen molar-refractivity contribution in [3.63, 3.8) is 0 Å². The lowest BCUT2D eigenvalue weighted by Gasteiger charge is -2.34. The molecule has 0 bridgehead atoms. The zero-order chi connectivity index (χ0) is 11.3. The van der Waals surface area contributed by atoms with Crippen LogP contribution in [-0.4, -0.2) is 60.1 Å². The molecule has 0 aromatic carbocycles.